The molecule has 1 N–H and O–H groups in total. The number of aliphatic imine (C=N–C) groups is 1. The third kappa shape index (κ3) is 3.45. The summed E-state index contributed by atoms with van der Waals surface area (Å²) in [4.78, 5) is 18.2. The third-order valence-corrected chi connectivity index (χ3v) is 6.20. The second-order valence-corrected chi connectivity index (χ2v) is 8.31. The first-order valence-corrected chi connectivity index (χ1v) is 11.0. The van der Waals surface area contributed by atoms with Gasteiger partial charge in [-0.2, -0.15) is 0 Å². The van der Waals surface area contributed by atoms with Crippen molar-refractivity contribution in [3.63, 3.8) is 0 Å². The van der Waals surface area contributed by atoms with Crippen LogP contribution in [0.25, 0.3) is 23.0 Å². The molecule has 33 heavy (non-hydrogen) atoms. The number of hydrogen-bond acceptors (Lipinski definition) is 4. The summed E-state index contributed by atoms with van der Waals surface area (Å²) >= 11 is 5.77. The maximum Gasteiger partial charge on any atom is 0.270 e. The normalized spacial score (nSPS) is 13.5. The van der Waals surface area contributed by atoms with Gasteiger partial charge in [0.1, 0.15) is 5.56 Å². The summed E-state index contributed by atoms with van der Waals surface area (Å²) in [6.45, 7) is 3.87. The van der Waals surface area contributed by atoms with Gasteiger partial charge < -0.3 is 5.11 Å². The Kier molecular flexibility index (Phi) is 5.15. The summed E-state index contributed by atoms with van der Waals surface area (Å²) in [6, 6.07) is 22.9. The summed E-state index contributed by atoms with van der Waals surface area (Å²) in [5.74, 6) is -0.200. The first-order chi connectivity index (χ1) is 16.0. The molecule has 4 aromatic rings. The van der Waals surface area contributed by atoms with Crippen molar-refractivity contribution >= 4 is 35.8 Å². The maximum atomic E-state index is 13.8. The van der Waals surface area contributed by atoms with Crippen molar-refractivity contribution in [2.75, 3.05) is 0 Å². The van der Waals surface area contributed by atoms with Crippen molar-refractivity contribution in [1.82, 2.24) is 9.13 Å². The highest BCUT2D eigenvalue weighted by Crippen LogP contribution is 2.34. The largest absolute Gasteiger partial charge is 0.494 e. The van der Waals surface area contributed by atoms with Crippen LogP contribution in [0.1, 0.15) is 22.3 Å². The maximum absolute atomic E-state index is 13.8. The molecular weight excluding hydrogens is 430 g/mol. The van der Waals surface area contributed by atoms with Gasteiger partial charge in [-0.25, -0.2) is 0 Å². The second-order valence-electron chi connectivity index (χ2n) is 7.94. The number of nitrogens with zero attached hydrogens (tertiary/aromatic N) is 3. The van der Waals surface area contributed by atoms with E-state index in [0.29, 0.717) is 11.4 Å². The van der Waals surface area contributed by atoms with Crippen LogP contribution in [0.15, 0.2) is 82.6 Å². The van der Waals surface area contributed by atoms with E-state index in [4.69, 9.17) is 12.2 Å². The van der Waals surface area contributed by atoms with Gasteiger partial charge in [0.15, 0.2) is 4.77 Å². The van der Waals surface area contributed by atoms with Crippen molar-refractivity contribution in [2.24, 2.45) is 4.99 Å². The van der Waals surface area contributed by atoms with E-state index in [1.165, 1.54) is 4.57 Å². The van der Waals surface area contributed by atoms with E-state index < -0.39 is 0 Å². The zero-order chi connectivity index (χ0) is 23.1. The first kappa shape index (κ1) is 20.8. The molecule has 5 nitrogen and oxygen atoms in total. The van der Waals surface area contributed by atoms with Crippen molar-refractivity contribution in [1.29, 1.82) is 0 Å². The van der Waals surface area contributed by atoms with Crippen molar-refractivity contribution in [2.45, 2.75) is 13.8 Å². The SMILES string of the molecule is Cc1ccccc1-n1c(O)c(C=C2C=Nc3ccccc32)c(=O)n(-c2ccccc2C)c1=S. The van der Waals surface area contributed by atoms with Gasteiger partial charge in [0.25, 0.3) is 5.56 Å². The van der Waals surface area contributed by atoms with E-state index in [9.17, 15) is 9.90 Å². The molecule has 162 valence electrons. The number of aryl methyl sites for hydroxylation is 2. The number of aromatic nitrogens is 2. The molecule has 0 spiro atoms. The van der Waals surface area contributed by atoms with Crippen LogP contribution in [-0.4, -0.2) is 20.5 Å². The standard InChI is InChI=1S/C27H21N3O2S/c1-17-9-3-7-13-23(17)29-25(31)21(15-19-16-28-22-12-6-5-11-20(19)22)26(32)30(27(29)33)24-14-8-4-10-18(24)2/h3-16,31H,1-2H3. The molecule has 1 aliphatic rings. The number of fused-ring (bicyclic) bond motifs is 1. The zero-order valence-corrected chi connectivity index (χ0v) is 19.0. The molecule has 0 radical (unpaired) electrons. The number of hydrogen-bond donors (Lipinski definition) is 1. The Balaban J connectivity index is 1.88. The average molecular weight is 452 g/mol. The number of benzene rings is 3. The Morgan fingerprint density at radius 1 is 0.848 bits per heavy atom. The molecule has 0 bridgehead atoms. The van der Waals surface area contributed by atoms with Crippen LogP contribution in [-0.2, 0) is 0 Å². The van der Waals surface area contributed by atoms with Crippen LogP contribution < -0.4 is 5.56 Å². The van der Waals surface area contributed by atoms with Gasteiger partial charge in [0.05, 0.1) is 17.1 Å². The minimum atomic E-state index is -0.387. The van der Waals surface area contributed by atoms with Gasteiger partial charge in [-0.1, -0.05) is 54.6 Å². The molecule has 3 aromatic carbocycles. The lowest BCUT2D eigenvalue weighted by molar-refractivity contribution is 0.429. The van der Waals surface area contributed by atoms with Crippen molar-refractivity contribution in [3.8, 4) is 17.3 Å². The van der Waals surface area contributed by atoms with Crippen LogP contribution >= 0.6 is 12.2 Å². The Hall–Kier alpha value is -4.03. The van der Waals surface area contributed by atoms with E-state index in [1.807, 2.05) is 86.6 Å². The molecule has 0 saturated carbocycles. The Labute approximate surface area is 196 Å². The fourth-order valence-corrected chi connectivity index (χ4v) is 4.47. The zero-order valence-electron chi connectivity index (χ0n) is 18.2. The van der Waals surface area contributed by atoms with Crippen LogP contribution in [0.2, 0.25) is 0 Å². The molecule has 0 atom stereocenters. The van der Waals surface area contributed by atoms with Crippen LogP contribution in [0.4, 0.5) is 5.69 Å². The van der Waals surface area contributed by atoms with Crippen molar-refractivity contribution in [3.05, 3.63) is 110 Å². The number of para-hydroxylation sites is 3. The quantitative estimate of drug-likeness (QED) is 0.392. The molecule has 0 amide bonds. The van der Waals surface area contributed by atoms with Crippen LogP contribution in [0, 0.1) is 18.6 Å². The van der Waals surface area contributed by atoms with Gasteiger partial charge in [-0.15, -0.1) is 0 Å². The summed E-state index contributed by atoms with van der Waals surface area (Å²) in [6.07, 6.45) is 3.40. The number of aromatic hydroxyl groups is 1. The molecule has 0 fully saturated rings. The van der Waals surface area contributed by atoms with Gasteiger partial charge >= 0.3 is 0 Å². The van der Waals surface area contributed by atoms with E-state index in [1.54, 1.807) is 16.9 Å². The molecular formula is C27H21N3O2S. The Bertz CT molecular complexity index is 1590. The van der Waals surface area contributed by atoms with Gasteiger partial charge in [0.2, 0.25) is 5.88 Å². The van der Waals surface area contributed by atoms with Crippen LogP contribution in [0.5, 0.6) is 5.88 Å². The van der Waals surface area contributed by atoms with E-state index in [-0.39, 0.29) is 21.8 Å². The lowest BCUT2D eigenvalue weighted by Crippen LogP contribution is -2.26. The molecule has 0 aliphatic carbocycles. The highest BCUT2D eigenvalue weighted by molar-refractivity contribution is 7.71. The molecule has 1 aromatic heterocycles. The fraction of sp³-hybridized carbons (Fsp3) is 0.0741. The van der Waals surface area contributed by atoms with Crippen molar-refractivity contribution < 1.29 is 5.11 Å². The van der Waals surface area contributed by atoms with E-state index in [0.717, 1.165) is 28.0 Å². The Morgan fingerprint density at radius 2 is 1.42 bits per heavy atom. The third-order valence-electron chi connectivity index (χ3n) is 5.84. The lowest BCUT2D eigenvalue weighted by Gasteiger charge is -2.19. The first-order valence-electron chi connectivity index (χ1n) is 10.6. The van der Waals surface area contributed by atoms with Gasteiger partial charge in [-0.05, 0) is 61.5 Å². The molecule has 2 heterocycles. The average Bonchev–Trinajstić information content (AvgIpc) is 3.22. The predicted molar refractivity (Wildman–Crippen MR) is 136 cm³/mol. The summed E-state index contributed by atoms with van der Waals surface area (Å²) in [5, 5.41) is 11.4. The lowest BCUT2D eigenvalue weighted by atomic mass is 10.0. The minimum absolute atomic E-state index is 0.147. The second kappa shape index (κ2) is 8.15. The fourth-order valence-electron chi connectivity index (χ4n) is 4.11. The summed E-state index contributed by atoms with van der Waals surface area (Å²) in [5.41, 5.74) is 5.46. The number of allylic oxidation sites excluding steroid dienone is 1. The Morgan fingerprint density at radius 3 is 2.09 bits per heavy atom. The van der Waals surface area contributed by atoms with E-state index >= 15 is 0 Å². The van der Waals surface area contributed by atoms with E-state index in [2.05, 4.69) is 4.99 Å². The molecule has 0 saturated heterocycles. The summed E-state index contributed by atoms with van der Waals surface area (Å²) < 4.78 is 3.24. The molecule has 5 rings (SSSR count). The van der Waals surface area contributed by atoms with Gasteiger partial charge in [-0.3, -0.25) is 18.9 Å². The van der Waals surface area contributed by atoms with Gasteiger partial charge in [0, 0.05) is 17.4 Å². The molecule has 6 heteroatoms. The number of rotatable bonds is 3. The highest BCUT2D eigenvalue weighted by atomic mass is 32.1. The monoisotopic (exact) mass is 451 g/mol. The van der Waals surface area contributed by atoms with Crippen LogP contribution in [0.3, 0.4) is 0 Å². The molecule has 0 unspecified atom stereocenters. The summed E-state index contributed by atoms with van der Waals surface area (Å²) in [7, 11) is 0. The highest BCUT2D eigenvalue weighted by Gasteiger charge is 2.21. The topological polar surface area (TPSA) is 59.5 Å². The minimum Gasteiger partial charge on any atom is -0.494 e. The molecule has 1 aliphatic heterocycles. The smallest absolute Gasteiger partial charge is 0.270 e. The predicted octanol–water partition coefficient (Wildman–Crippen LogP) is 5.94.